The van der Waals surface area contributed by atoms with Crippen molar-refractivity contribution in [1.82, 2.24) is 10.3 Å². The molecule has 0 aromatic carbocycles. The lowest BCUT2D eigenvalue weighted by Gasteiger charge is -2.10. The van der Waals surface area contributed by atoms with E-state index in [0.29, 0.717) is 0 Å². The quantitative estimate of drug-likeness (QED) is 0.707. The van der Waals surface area contributed by atoms with E-state index in [1.54, 1.807) is 0 Å². The first-order valence-corrected chi connectivity index (χ1v) is 4.97. The molecule has 0 spiro atoms. The van der Waals surface area contributed by atoms with E-state index in [2.05, 4.69) is 22.3 Å². The fourth-order valence-electron chi connectivity index (χ4n) is 1.91. The van der Waals surface area contributed by atoms with Crippen LogP contribution < -0.4 is 5.32 Å². The highest BCUT2D eigenvalue weighted by atomic mass is 14.9. The Morgan fingerprint density at radius 2 is 2.36 bits per heavy atom. The minimum atomic E-state index is -0.0547. The second kappa shape index (κ2) is 3.81. The van der Waals surface area contributed by atoms with Crippen LogP contribution >= 0.6 is 0 Å². The zero-order valence-corrected chi connectivity index (χ0v) is 8.38. The Morgan fingerprint density at radius 3 is 3.07 bits per heavy atom. The third kappa shape index (κ3) is 1.51. The Bertz CT molecular complexity index is 376. The summed E-state index contributed by atoms with van der Waals surface area (Å²) in [4.78, 5) is 4.59. The lowest BCUT2D eigenvalue weighted by atomic mass is 10.1. The second-order valence-electron chi connectivity index (χ2n) is 3.58. The Morgan fingerprint density at radius 1 is 1.50 bits per heavy atom. The van der Waals surface area contributed by atoms with Crippen LogP contribution in [0.1, 0.15) is 29.4 Å². The fraction of sp³-hybridized carbons (Fsp3) is 0.417. The van der Waals surface area contributed by atoms with Crippen LogP contribution in [0.4, 0.5) is 0 Å². The summed E-state index contributed by atoms with van der Waals surface area (Å²) in [7, 11) is 1.86. The Labute approximate surface area is 84.7 Å². The van der Waals surface area contributed by atoms with Crippen LogP contribution in [-0.4, -0.2) is 12.0 Å². The molecule has 1 N–H and O–H groups in total. The first-order chi connectivity index (χ1) is 6.85. The fourth-order valence-corrected chi connectivity index (χ4v) is 1.91. The van der Waals surface area contributed by atoms with E-state index < -0.39 is 0 Å². The van der Waals surface area contributed by atoms with Gasteiger partial charge in [0.05, 0.1) is 5.69 Å². The summed E-state index contributed by atoms with van der Waals surface area (Å²) < 4.78 is 0. The van der Waals surface area contributed by atoms with Gasteiger partial charge in [-0.25, -0.2) is 0 Å². The average molecular weight is 186 g/mol. The van der Waals surface area contributed by atoms with Crippen molar-refractivity contribution in [2.24, 2.45) is 0 Å². The first kappa shape index (κ1) is 9.23. The minimum absolute atomic E-state index is 0.0547. The van der Waals surface area contributed by atoms with E-state index in [1.807, 2.05) is 13.1 Å². The molecular weight excluding hydrogens is 172 g/mol. The zero-order chi connectivity index (χ0) is 9.97. The maximum atomic E-state index is 5.41. The maximum absolute atomic E-state index is 5.41. The van der Waals surface area contributed by atoms with Gasteiger partial charge in [-0.2, -0.15) is 0 Å². The molecule has 1 aromatic heterocycles. The number of aryl methyl sites for hydroxylation is 2. The van der Waals surface area contributed by atoms with Crippen LogP contribution in [0.2, 0.25) is 0 Å². The number of nitrogens with one attached hydrogen (secondary N) is 1. The van der Waals surface area contributed by atoms with Crippen LogP contribution in [0.5, 0.6) is 0 Å². The van der Waals surface area contributed by atoms with Gasteiger partial charge in [-0.1, -0.05) is 12.0 Å². The summed E-state index contributed by atoms with van der Waals surface area (Å²) >= 11 is 0. The molecule has 0 saturated carbocycles. The van der Waals surface area contributed by atoms with Gasteiger partial charge < -0.3 is 5.32 Å². The Balaban J connectivity index is 2.33. The number of pyridine rings is 1. The van der Waals surface area contributed by atoms with E-state index in [1.165, 1.54) is 24.1 Å². The van der Waals surface area contributed by atoms with Crippen molar-refractivity contribution >= 4 is 0 Å². The molecule has 2 rings (SSSR count). The van der Waals surface area contributed by atoms with Gasteiger partial charge >= 0.3 is 0 Å². The molecule has 1 heterocycles. The molecule has 72 valence electrons. The lowest BCUT2D eigenvalue weighted by Crippen LogP contribution is -2.16. The highest BCUT2D eigenvalue weighted by Crippen LogP contribution is 2.21. The van der Waals surface area contributed by atoms with Gasteiger partial charge in [-0.3, -0.25) is 4.98 Å². The number of nitrogens with zero attached hydrogens (tertiary/aromatic N) is 1. The first-order valence-electron chi connectivity index (χ1n) is 4.97. The van der Waals surface area contributed by atoms with Crippen LogP contribution in [0.15, 0.2) is 12.1 Å². The summed E-state index contributed by atoms with van der Waals surface area (Å²) in [5.74, 6) is 2.69. The van der Waals surface area contributed by atoms with Gasteiger partial charge in [0.1, 0.15) is 6.04 Å². The molecular formula is C12H14N2. The number of aromatic nitrogens is 1. The van der Waals surface area contributed by atoms with Gasteiger partial charge in [-0.15, -0.1) is 6.42 Å². The zero-order valence-electron chi connectivity index (χ0n) is 8.38. The predicted molar refractivity (Wildman–Crippen MR) is 56.9 cm³/mol. The summed E-state index contributed by atoms with van der Waals surface area (Å²) in [6.45, 7) is 0. The third-order valence-electron chi connectivity index (χ3n) is 2.70. The molecule has 1 aromatic rings. The van der Waals surface area contributed by atoms with Crippen molar-refractivity contribution in [1.29, 1.82) is 0 Å². The monoisotopic (exact) mass is 186 g/mol. The summed E-state index contributed by atoms with van der Waals surface area (Å²) in [6.07, 6.45) is 8.91. The average Bonchev–Trinajstić information content (AvgIpc) is 2.66. The highest BCUT2D eigenvalue weighted by molar-refractivity contribution is 5.30. The molecule has 1 atom stereocenters. The van der Waals surface area contributed by atoms with E-state index in [-0.39, 0.29) is 6.04 Å². The van der Waals surface area contributed by atoms with Gasteiger partial charge in [-0.05, 0) is 37.9 Å². The van der Waals surface area contributed by atoms with Crippen LogP contribution in [-0.2, 0) is 12.8 Å². The summed E-state index contributed by atoms with van der Waals surface area (Å²) in [5, 5.41) is 3.06. The van der Waals surface area contributed by atoms with E-state index in [9.17, 15) is 0 Å². The van der Waals surface area contributed by atoms with E-state index in [4.69, 9.17) is 6.42 Å². The van der Waals surface area contributed by atoms with E-state index >= 15 is 0 Å². The van der Waals surface area contributed by atoms with Crippen molar-refractivity contribution in [2.75, 3.05) is 7.05 Å². The van der Waals surface area contributed by atoms with Crippen molar-refractivity contribution in [2.45, 2.75) is 25.3 Å². The smallest absolute Gasteiger partial charge is 0.111 e. The second-order valence-corrected chi connectivity index (χ2v) is 3.58. The van der Waals surface area contributed by atoms with Crippen LogP contribution in [0.25, 0.3) is 0 Å². The highest BCUT2D eigenvalue weighted by Gasteiger charge is 2.14. The normalized spacial score (nSPS) is 16.0. The number of terminal acetylenes is 1. The Kier molecular flexibility index (Phi) is 2.51. The van der Waals surface area contributed by atoms with Crippen molar-refractivity contribution in [3.8, 4) is 12.3 Å². The predicted octanol–water partition coefficient (Wildman–Crippen LogP) is 1.46. The minimum Gasteiger partial charge on any atom is -0.302 e. The van der Waals surface area contributed by atoms with Crippen molar-refractivity contribution in [3.63, 3.8) is 0 Å². The molecule has 0 amide bonds. The van der Waals surface area contributed by atoms with Crippen LogP contribution in [0, 0.1) is 12.3 Å². The lowest BCUT2D eigenvalue weighted by molar-refractivity contribution is 0.708. The van der Waals surface area contributed by atoms with Gasteiger partial charge in [0.15, 0.2) is 0 Å². The topological polar surface area (TPSA) is 24.9 Å². The van der Waals surface area contributed by atoms with Gasteiger partial charge in [0.25, 0.3) is 0 Å². The van der Waals surface area contributed by atoms with Crippen molar-refractivity contribution in [3.05, 3.63) is 29.1 Å². The molecule has 1 aliphatic carbocycles. The van der Waals surface area contributed by atoms with Gasteiger partial charge in [0, 0.05) is 5.69 Å². The summed E-state index contributed by atoms with van der Waals surface area (Å²) in [5.41, 5.74) is 3.59. The SMILES string of the molecule is C#CC(NC)c1ccc2c(n1)CCC2. The van der Waals surface area contributed by atoms with Crippen molar-refractivity contribution < 1.29 is 0 Å². The summed E-state index contributed by atoms with van der Waals surface area (Å²) in [6, 6.07) is 4.14. The number of hydrogen-bond acceptors (Lipinski definition) is 2. The molecule has 0 fully saturated rings. The molecule has 2 heteroatoms. The standard InChI is InChI=1S/C12H14N2/c1-3-10(13-2)12-8-7-9-5-4-6-11(9)14-12/h1,7-8,10,13H,4-6H2,2H3. The molecule has 0 saturated heterocycles. The molecule has 1 aliphatic rings. The number of fused-ring (bicyclic) bond motifs is 1. The molecule has 0 bridgehead atoms. The molecule has 2 nitrogen and oxygen atoms in total. The molecule has 0 radical (unpaired) electrons. The Hall–Kier alpha value is -1.33. The molecule has 1 unspecified atom stereocenters. The number of rotatable bonds is 2. The maximum Gasteiger partial charge on any atom is 0.111 e. The van der Waals surface area contributed by atoms with Crippen LogP contribution in [0.3, 0.4) is 0 Å². The molecule has 14 heavy (non-hydrogen) atoms. The number of hydrogen-bond donors (Lipinski definition) is 1. The molecule has 0 aliphatic heterocycles. The largest absolute Gasteiger partial charge is 0.302 e. The third-order valence-corrected chi connectivity index (χ3v) is 2.70. The van der Waals surface area contributed by atoms with E-state index in [0.717, 1.165) is 12.1 Å². The van der Waals surface area contributed by atoms with Gasteiger partial charge in [0.2, 0.25) is 0 Å².